The summed E-state index contributed by atoms with van der Waals surface area (Å²) in [6, 6.07) is 6.76. The topological polar surface area (TPSA) is 49.6 Å². The van der Waals surface area contributed by atoms with Gasteiger partial charge in [-0.3, -0.25) is 4.79 Å². The number of carbonyl (C=O) groups is 1. The van der Waals surface area contributed by atoms with Gasteiger partial charge in [0, 0.05) is 42.6 Å². The Kier molecular flexibility index (Phi) is 3.73. The molecule has 0 aromatic heterocycles. The van der Waals surface area contributed by atoms with Crippen LogP contribution in [0.25, 0.3) is 0 Å². The van der Waals surface area contributed by atoms with Crippen LogP contribution in [0.5, 0.6) is 0 Å². The van der Waals surface area contributed by atoms with E-state index < -0.39 is 0 Å². The number of carbonyl (C=O) groups excluding carboxylic acids is 1. The molecule has 2 aliphatic rings. The normalized spacial score (nSPS) is 23.9. The highest BCUT2D eigenvalue weighted by Gasteiger charge is 2.35. The van der Waals surface area contributed by atoms with Crippen LogP contribution in [0.3, 0.4) is 0 Å². The summed E-state index contributed by atoms with van der Waals surface area (Å²) in [4.78, 5) is 16.1. The second-order valence-electron chi connectivity index (χ2n) is 5.73. The first kappa shape index (κ1) is 13.9. The third-order valence-corrected chi connectivity index (χ3v) is 4.97. The highest BCUT2D eigenvalue weighted by molar-refractivity contribution is 9.10. The van der Waals surface area contributed by atoms with Crippen molar-refractivity contribution in [1.82, 2.24) is 4.90 Å². The summed E-state index contributed by atoms with van der Waals surface area (Å²) >= 11 is 3.66. The van der Waals surface area contributed by atoms with Crippen molar-refractivity contribution in [1.29, 1.82) is 0 Å². The number of amides is 1. The molecule has 0 saturated carbocycles. The standard InChI is InChI=1S/C15H20BrN3O/c1-10(17)11-2-4-14(13(16)8-11)18-6-7-19-12(9-18)3-5-15(19)20/h2,4,8,10,12H,3,5-7,9,17H2,1H3/t10-,12?/m1/s1. The quantitative estimate of drug-likeness (QED) is 0.900. The molecule has 2 atom stereocenters. The molecule has 1 unspecified atom stereocenters. The van der Waals surface area contributed by atoms with Crippen molar-refractivity contribution in [2.45, 2.75) is 31.8 Å². The van der Waals surface area contributed by atoms with E-state index in [0.717, 1.165) is 36.1 Å². The predicted octanol–water partition coefficient (Wildman–Crippen LogP) is 2.28. The van der Waals surface area contributed by atoms with Crippen molar-refractivity contribution in [3.8, 4) is 0 Å². The van der Waals surface area contributed by atoms with E-state index in [-0.39, 0.29) is 6.04 Å². The lowest BCUT2D eigenvalue weighted by Gasteiger charge is -2.39. The van der Waals surface area contributed by atoms with Crippen molar-refractivity contribution in [3.63, 3.8) is 0 Å². The lowest BCUT2D eigenvalue weighted by Crippen LogP contribution is -2.51. The molecule has 108 valence electrons. The minimum absolute atomic E-state index is 0.0460. The van der Waals surface area contributed by atoms with E-state index in [1.807, 2.05) is 11.8 Å². The van der Waals surface area contributed by atoms with Gasteiger partial charge in [0.2, 0.25) is 5.91 Å². The van der Waals surface area contributed by atoms with Crippen LogP contribution in [-0.4, -0.2) is 36.5 Å². The Morgan fingerprint density at radius 2 is 2.20 bits per heavy atom. The number of benzene rings is 1. The second-order valence-corrected chi connectivity index (χ2v) is 6.58. The van der Waals surface area contributed by atoms with Crippen molar-refractivity contribution < 1.29 is 4.79 Å². The number of hydrogen-bond acceptors (Lipinski definition) is 3. The van der Waals surface area contributed by atoms with Gasteiger partial charge in [0.05, 0.1) is 5.69 Å². The molecule has 2 aliphatic heterocycles. The Morgan fingerprint density at radius 1 is 1.40 bits per heavy atom. The fourth-order valence-electron chi connectivity index (χ4n) is 3.15. The summed E-state index contributed by atoms with van der Waals surface area (Å²) in [5, 5.41) is 0. The molecule has 0 radical (unpaired) electrons. The molecule has 20 heavy (non-hydrogen) atoms. The van der Waals surface area contributed by atoms with E-state index in [4.69, 9.17) is 5.73 Å². The molecule has 1 aromatic rings. The monoisotopic (exact) mass is 337 g/mol. The van der Waals surface area contributed by atoms with Crippen LogP contribution >= 0.6 is 15.9 Å². The second kappa shape index (κ2) is 5.37. The third-order valence-electron chi connectivity index (χ3n) is 4.33. The van der Waals surface area contributed by atoms with Gasteiger partial charge < -0.3 is 15.5 Å². The molecule has 4 nitrogen and oxygen atoms in total. The molecule has 0 aliphatic carbocycles. The highest BCUT2D eigenvalue weighted by atomic mass is 79.9. The summed E-state index contributed by atoms with van der Waals surface area (Å²) in [5.74, 6) is 0.320. The molecule has 1 amide bonds. The van der Waals surface area contributed by atoms with Crippen LogP contribution in [0.1, 0.15) is 31.4 Å². The van der Waals surface area contributed by atoms with Gasteiger partial charge in [-0.05, 0) is 47.0 Å². The SMILES string of the molecule is C[C@@H](N)c1ccc(N2CCN3C(=O)CCC3C2)c(Br)c1. The van der Waals surface area contributed by atoms with E-state index in [1.165, 1.54) is 5.69 Å². The fourth-order valence-corrected chi connectivity index (χ4v) is 3.79. The number of hydrogen-bond donors (Lipinski definition) is 1. The smallest absolute Gasteiger partial charge is 0.223 e. The average Bonchev–Trinajstić information content (AvgIpc) is 2.79. The van der Waals surface area contributed by atoms with Gasteiger partial charge in [-0.25, -0.2) is 0 Å². The van der Waals surface area contributed by atoms with Crippen molar-refractivity contribution in [2.75, 3.05) is 24.5 Å². The molecule has 2 N–H and O–H groups in total. The van der Waals surface area contributed by atoms with Gasteiger partial charge >= 0.3 is 0 Å². The number of halogens is 1. The third kappa shape index (κ3) is 2.44. The van der Waals surface area contributed by atoms with Gasteiger partial charge in [-0.1, -0.05) is 6.07 Å². The van der Waals surface area contributed by atoms with Gasteiger partial charge in [0.25, 0.3) is 0 Å². The highest BCUT2D eigenvalue weighted by Crippen LogP contribution is 2.32. The fraction of sp³-hybridized carbons (Fsp3) is 0.533. The summed E-state index contributed by atoms with van der Waals surface area (Å²) in [6.07, 6.45) is 1.70. The number of nitrogens with zero attached hydrogens (tertiary/aromatic N) is 2. The lowest BCUT2D eigenvalue weighted by atomic mass is 10.1. The Bertz CT molecular complexity index is 532. The number of nitrogens with two attached hydrogens (primary N) is 1. The number of anilines is 1. The van der Waals surface area contributed by atoms with Crippen LogP contribution < -0.4 is 10.6 Å². The molecule has 2 heterocycles. The van der Waals surface area contributed by atoms with Gasteiger partial charge in [0.15, 0.2) is 0 Å². The van der Waals surface area contributed by atoms with Crippen LogP contribution in [-0.2, 0) is 4.79 Å². The first-order chi connectivity index (χ1) is 9.56. The molecule has 5 heteroatoms. The summed E-state index contributed by atoms with van der Waals surface area (Å²) in [7, 11) is 0. The Labute approximate surface area is 128 Å². The van der Waals surface area contributed by atoms with Crippen molar-refractivity contribution in [3.05, 3.63) is 28.2 Å². The lowest BCUT2D eigenvalue weighted by molar-refractivity contribution is -0.129. The number of piperazine rings is 1. The molecular formula is C15H20BrN3O. The minimum Gasteiger partial charge on any atom is -0.367 e. The van der Waals surface area contributed by atoms with Gasteiger partial charge in [-0.15, -0.1) is 0 Å². The molecule has 2 fully saturated rings. The van der Waals surface area contributed by atoms with E-state index in [2.05, 4.69) is 39.0 Å². The summed E-state index contributed by atoms with van der Waals surface area (Å²) in [6.45, 7) is 4.66. The van der Waals surface area contributed by atoms with Gasteiger partial charge in [-0.2, -0.15) is 0 Å². The summed E-state index contributed by atoms with van der Waals surface area (Å²) < 4.78 is 1.09. The van der Waals surface area contributed by atoms with Crippen molar-refractivity contribution in [2.24, 2.45) is 5.73 Å². The Morgan fingerprint density at radius 3 is 2.90 bits per heavy atom. The zero-order chi connectivity index (χ0) is 14.3. The van der Waals surface area contributed by atoms with E-state index in [0.29, 0.717) is 18.4 Å². The molecule has 3 rings (SSSR count). The van der Waals surface area contributed by atoms with E-state index >= 15 is 0 Å². The van der Waals surface area contributed by atoms with Crippen LogP contribution in [0.2, 0.25) is 0 Å². The van der Waals surface area contributed by atoms with E-state index in [9.17, 15) is 4.79 Å². The van der Waals surface area contributed by atoms with Crippen LogP contribution in [0.15, 0.2) is 22.7 Å². The van der Waals surface area contributed by atoms with Crippen LogP contribution in [0, 0.1) is 0 Å². The summed E-state index contributed by atoms with van der Waals surface area (Å²) in [5.41, 5.74) is 8.25. The average molecular weight is 338 g/mol. The zero-order valence-corrected chi connectivity index (χ0v) is 13.3. The molecule has 1 aromatic carbocycles. The molecular weight excluding hydrogens is 318 g/mol. The minimum atomic E-state index is 0.0460. The predicted molar refractivity (Wildman–Crippen MR) is 83.7 cm³/mol. The number of fused-ring (bicyclic) bond motifs is 1. The molecule has 0 bridgehead atoms. The Balaban J connectivity index is 1.79. The van der Waals surface area contributed by atoms with Crippen molar-refractivity contribution >= 4 is 27.5 Å². The zero-order valence-electron chi connectivity index (χ0n) is 11.7. The van der Waals surface area contributed by atoms with E-state index in [1.54, 1.807) is 0 Å². The maximum absolute atomic E-state index is 11.7. The van der Waals surface area contributed by atoms with Gasteiger partial charge in [0.1, 0.15) is 0 Å². The molecule has 0 spiro atoms. The Hall–Kier alpha value is -1.07. The maximum Gasteiger partial charge on any atom is 0.223 e. The largest absolute Gasteiger partial charge is 0.367 e. The first-order valence-electron chi connectivity index (χ1n) is 7.15. The van der Waals surface area contributed by atoms with Crippen LogP contribution in [0.4, 0.5) is 5.69 Å². The first-order valence-corrected chi connectivity index (χ1v) is 7.95. The number of rotatable bonds is 2. The molecule has 2 saturated heterocycles. The maximum atomic E-state index is 11.7.